The minimum absolute atomic E-state index is 0.101. The van der Waals surface area contributed by atoms with Crippen LogP contribution in [0.2, 0.25) is 4.34 Å². The van der Waals surface area contributed by atoms with Crippen LogP contribution in [0.3, 0.4) is 0 Å². The summed E-state index contributed by atoms with van der Waals surface area (Å²) in [5.74, 6) is 0.386. The van der Waals surface area contributed by atoms with Crippen LogP contribution in [0, 0.1) is 5.92 Å². The number of hydrogen-bond donors (Lipinski definition) is 0. The molecule has 1 unspecified atom stereocenters. The highest BCUT2D eigenvalue weighted by molar-refractivity contribution is 7.16. The maximum atomic E-state index is 11.9. The lowest BCUT2D eigenvalue weighted by atomic mass is 10.0. The first-order valence-electron chi connectivity index (χ1n) is 5.68. The molecule has 0 spiro atoms. The zero-order valence-electron chi connectivity index (χ0n) is 9.82. The van der Waals surface area contributed by atoms with Gasteiger partial charge in [0, 0.05) is 23.9 Å². The summed E-state index contributed by atoms with van der Waals surface area (Å²) in [6, 6.07) is 3.90. The molecular formula is C12H16ClNO2S. The Morgan fingerprint density at radius 3 is 3.06 bits per heavy atom. The topological polar surface area (TPSA) is 29.5 Å². The largest absolute Gasteiger partial charge is 0.381 e. The van der Waals surface area contributed by atoms with Crippen LogP contribution in [-0.2, 0) is 16.1 Å². The van der Waals surface area contributed by atoms with Crippen LogP contribution in [0.25, 0.3) is 0 Å². The van der Waals surface area contributed by atoms with Gasteiger partial charge in [-0.2, -0.15) is 0 Å². The third-order valence-corrected chi connectivity index (χ3v) is 4.08. The second kappa shape index (κ2) is 5.96. The monoisotopic (exact) mass is 273 g/mol. The van der Waals surface area contributed by atoms with Crippen molar-refractivity contribution >= 4 is 28.7 Å². The number of carbonyl (C=O) groups excluding carboxylic acids is 1. The molecule has 1 saturated heterocycles. The molecule has 2 rings (SSSR count). The number of Topliss-reactive ketones (excluding diaryl/α,β-unsaturated/α-hetero) is 1. The van der Waals surface area contributed by atoms with Gasteiger partial charge in [-0.3, -0.25) is 9.69 Å². The Kier molecular flexibility index (Phi) is 4.56. The third-order valence-electron chi connectivity index (χ3n) is 2.87. The van der Waals surface area contributed by atoms with Gasteiger partial charge < -0.3 is 4.74 Å². The summed E-state index contributed by atoms with van der Waals surface area (Å²) in [5.41, 5.74) is 0. The molecule has 0 radical (unpaired) electrons. The van der Waals surface area contributed by atoms with Gasteiger partial charge in [-0.05, 0) is 25.6 Å². The smallest absolute Gasteiger partial charge is 0.152 e. The highest BCUT2D eigenvalue weighted by Gasteiger charge is 2.24. The average molecular weight is 274 g/mol. The SMILES string of the molecule is CN(CC(=O)C1CCOC1)Cc1ccc(Cl)s1. The van der Waals surface area contributed by atoms with Gasteiger partial charge in [0.25, 0.3) is 0 Å². The number of ketones is 1. The summed E-state index contributed by atoms with van der Waals surface area (Å²) in [7, 11) is 1.96. The van der Waals surface area contributed by atoms with Crippen molar-refractivity contribution in [2.75, 3.05) is 26.8 Å². The molecule has 0 aliphatic carbocycles. The first-order valence-corrected chi connectivity index (χ1v) is 6.88. The molecule has 0 amide bonds. The van der Waals surface area contributed by atoms with Crippen LogP contribution in [0.5, 0.6) is 0 Å². The Morgan fingerprint density at radius 2 is 2.47 bits per heavy atom. The van der Waals surface area contributed by atoms with E-state index in [1.165, 1.54) is 4.88 Å². The lowest BCUT2D eigenvalue weighted by Gasteiger charge is -2.16. The second-order valence-corrected chi connectivity index (χ2v) is 6.20. The number of carbonyl (C=O) groups is 1. The van der Waals surface area contributed by atoms with Crippen LogP contribution in [0.1, 0.15) is 11.3 Å². The van der Waals surface area contributed by atoms with Gasteiger partial charge in [-0.15, -0.1) is 11.3 Å². The highest BCUT2D eigenvalue weighted by atomic mass is 35.5. The maximum Gasteiger partial charge on any atom is 0.152 e. The predicted octanol–water partition coefficient (Wildman–Crippen LogP) is 2.44. The summed E-state index contributed by atoms with van der Waals surface area (Å²) >= 11 is 7.43. The minimum atomic E-state index is 0.101. The van der Waals surface area contributed by atoms with Crippen molar-refractivity contribution in [2.45, 2.75) is 13.0 Å². The van der Waals surface area contributed by atoms with E-state index in [2.05, 4.69) is 0 Å². The van der Waals surface area contributed by atoms with E-state index in [1.807, 2.05) is 24.1 Å². The standard InChI is InChI=1S/C12H16ClNO2S/c1-14(6-10-2-3-12(13)17-10)7-11(15)9-4-5-16-8-9/h2-3,9H,4-8H2,1H3. The number of ether oxygens (including phenoxy) is 1. The van der Waals surface area contributed by atoms with E-state index in [-0.39, 0.29) is 11.7 Å². The molecule has 1 aromatic rings. The van der Waals surface area contributed by atoms with Crippen LogP contribution >= 0.6 is 22.9 Å². The van der Waals surface area contributed by atoms with E-state index < -0.39 is 0 Å². The van der Waals surface area contributed by atoms with Crippen molar-refractivity contribution in [1.29, 1.82) is 0 Å². The van der Waals surface area contributed by atoms with Crippen molar-refractivity contribution in [1.82, 2.24) is 4.90 Å². The molecule has 1 aliphatic rings. The van der Waals surface area contributed by atoms with Gasteiger partial charge in [0.05, 0.1) is 17.5 Å². The summed E-state index contributed by atoms with van der Waals surface area (Å²) in [6.45, 7) is 2.58. The number of likely N-dealkylation sites (N-methyl/N-ethyl adjacent to an activating group) is 1. The van der Waals surface area contributed by atoms with Gasteiger partial charge in [0.2, 0.25) is 0 Å². The molecule has 3 nitrogen and oxygen atoms in total. The number of halogens is 1. The zero-order chi connectivity index (χ0) is 12.3. The fourth-order valence-corrected chi connectivity index (χ4v) is 3.11. The molecule has 5 heteroatoms. The molecule has 1 aromatic heterocycles. The predicted molar refractivity (Wildman–Crippen MR) is 69.6 cm³/mol. The molecule has 0 saturated carbocycles. The lowest BCUT2D eigenvalue weighted by Crippen LogP contribution is -2.30. The van der Waals surface area contributed by atoms with E-state index in [1.54, 1.807) is 11.3 Å². The normalized spacial score (nSPS) is 20.1. The summed E-state index contributed by atoms with van der Waals surface area (Å²) in [4.78, 5) is 15.1. The Labute approximate surface area is 110 Å². The molecule has 17 heavy (non-hydrogen) atoms. The van der Waals surface area contributed by atoms with Crippen LogP contribution in [-0.4, -0.2) is 37.5 Å². The molecule has 0 aromatic carbocycles. The first kappa shape index (κ1) is 13.0. The minimum Gasteiger partial charge on any atom is -0.381 e. The first-order chi connectivity index (χ1) is 8.15. The van der Waals surface area contributed by atoms with Crippen molar-refractivity contribution in [3.05, 3.63) is 21.3 Å². The van der Waals surface area contributed by atoms with Crippen LogP contribution < -0.4 is 0 Å². The van der Waals surface area contributed by atoms with Crippen LogP contribution in [0.15, 0.2) is 12.1 Å². The number of thiophene rings is 1. The molecule has 1 aliphatic heterocycles. The zero-order valence-corrected chi connectivity index (χ0v) is 11.4. The summed E-state index contributed by atoms with van der Waals surface area (Å²) in [5, 5.41) is 0. The lowest BCUT2D eigenvalue weighted by molar-refractivity contribution is -0.123. The Balaban J connectivity index is 1.80. The Morgan fingerprint density at radius 1 is 1.65 bits per heavy atom. The second-order valence-electron chi connectivity index (χ2n) is 4.40. The highest BCUT2D eigenvalue weighted by Crippen LogP contribution is 2.22. The van der Waals surface area contributed by atoms with Gasteiger partial charge in [-0.1, -0.05) is 11.6 Å². The van der Waals surface area contributed by atoms with Gasteiger partial charge in [-0.25, -0.2) is 0 Å². The molecule has 1 atom stereocenters. The van der Waals surface area contributed by atoms with Gasteiger partial charge in [0.15, 0.2) is 5.78 Å². The van der Waals surface area contributed by atoms with Crippen molar-refractivity contribution < 1.29 is 9.53 Å². The van der Waals surface area contributed by atoms with Gasteiger partial charge >= 0.3 is 0 Å². The molecule has 1 fully saturated rings. The number of nitrogens with zero attached hydrogens (tertiary/aromatic N) is 1. The van der Waals surface area contributed by atoms with Gasteiger partial charge in [0.1, 0.15) is 0 Å². The molecule has 0 N–H and O–H groups in total. The number of hydrogen-bond acceptors (Lipinski definition) is 4. The van der Waals surface area contributed by atoms with E-state index in [4.69, 9.17) is 16.3 Å². The maximum absolute atomic E-state index is 11.9. The average Bonchev–Trinajstić information content (AvgIpc) is 2.89. The summed E-state index contributed by atoms with van der Waals surface area (Å²) < 4.78 is 6.02. The van der Waals surface area contributed by atoms with Crippen molar-refractivity contribution in [2.24, 2.45) is 5.92 Å². The quantitative estimate of drug-likeness (QED) is 0.825. The molecular weight excluding hydrogens is 258 g/mol. The van der Waals surface area contributed by atoms with E-state index in [0.29, 0.717) is 13.2 Å². The van der Waals surface area contributed by atoms with Crippen molar-refractivity contribution in [3.8, 4) is 0 Å². The molecule has 0 bridgehead atoms. The van der Waals surface area contributed by atoms with E-state index >= 15 is 0 Å². The van der Waals surface area contributed by atoms with E-state index in [0.717, 1.165) is 23.9 Å². The van der Waals surface area contributed by atoms with Crippen molar-refractivity contribution in [3.63, 3.8) is 0 Å². The number of rotatable bonds is 5. The van der Waals surface area contributed by atoms with E-state index in [9.17, 15) is 4.79 Å². The Bertz CT molecular complexity index is 388. The Hall–Kier alpha value is -0.420. The van der Waals surface area contributed by atoms with Crippen LogP contribution in [0.4, 0.5) is 0 Å². The summed E-state index contributed by atoms with van der Waals surface area (Å²) in [6.07, 6.45) is 0.873. The molecule has 2 heterocycles. The molecule has 94 valence electrons. The fraction of sp³-hybridized carbons (Fsp3) is 0.583. The third kappa shape index (κ3) is 3.78. The fourth-order valence-electron chi connectivity index (χ4n) is 1.94.